The fraction of sp³-hybridized carbons (Fsp3) is 0.625. The van der Waals surface area contributed by atoms with E-state index in [4.69, 9.17) is 0 Å². The predicted octanol–water partition coefficient (Wildman–Crippen LogP) is 2.69. The van der Waals surface area contributed by atoms with Gasteiger partial charge in [-0.2, -0.15) is 0 Å². The van der Waals surface area contributed by atoms with Gasteiger partial charge in [0.15, 0.2) is 0 Å². The summed E-state index contributed by atoms with van der Waals surface area (Å²) in [7, 11) is 2.25. The molecule has 1 atom stereocenters. The van der Waals surface area contributed by atoms with Crippen molar-refractivity contribution in [2.45, 2.75) is 38.1 Å². The third-order valence-corrected chi connectivity index (χ3v) is 3.79. The Kier molecular flexibility index (Phi) is 5.69. The first-order valence-electron chi connectivity index (χ1n) is 7.30. The van der Waals surface area contributed by atoms with Gasteiger partial charge in [-0.1, -0.05) is 30.3 Å². The summed E-state index contributed by atoms with van der Waals surface area (Å²) in [4.78, 5) is 2.48. The summed E-state index contributed by atoms with van der Waals surface area (Å²) in [6.45, 7) is 3.66. The van der Waals surface area contributed by atoms with Gasteiger partial charge in [0.25, 0.3) is 0 Å². The van der Waals surface area contributed by atoms with Crippen LogP contribution in [0, 0.1) is 0 Å². The molecule has 0 saturated carbocycles. The molecule has 0 aliphatic carbocycles. The zero-order chi connectivity index (χ0) is 12.6. The fourth-order valence-corrected chi connectivity index (χ4v) is 2.74. The maximum atomic E-state index is 3.56. The summed E-state index contributed by atoms with van der Waals surface area (Å²) in [5.74, 6) is 0. The SMILES string of the molecule is CN(CCCCc1ccccc1)CC1CCCN1. The third-order valence-electron chi connectivity index (χ3n) is 3.79. The molecule has 18 heavy (non-hydrogen) atoms. The molecule has 1 unspecified atom stereocenters. The van der Waals surface area contributed by atoms with Gasteiger partial charge in [0.05, 0.1) is 0 Å². The van der Waals surface area contributed by atoms with Crippen LogP contribution in [0.1, 0.15) is 31.2 Å². The maximum Gasteiger partial charge on any atom is 0.0195 e. The Hall–Kier alpha value is -0.860. The van der Waals surface area contributed by atoms with Crippen molar-refractivity contribution in [3.63, 3.8) is 0 Å². The van der Waals surface area contributed by atoms with E-state index in [1.165, 1.54) is 57.3 Å². The van der Waals surface area contributed by atoms with Crippen molar-refractivity contribution in [2.24, 2.45) is 0 Å². The molecule has 2 heteroatoms. The number of nitrogens with zero attached hydrogens (tertiary/aromatic N) is 1. The molecule has 1 saturated heterocycles. The van der Waals surface area contributed by atoms with E-state index in [1.54, 1.807) is 0 Å². The largest absolute Gasteiger partial charge is 0.313 e. The Morgan fingerprint density at radius 3 is 2.78 bits per heavy atom. The van der Waals surface area contributed by atoms with Gasteiger partial charge in [-0.3, -0.25) is 0 Å². The number of rotatable bonds is 7. The van der Waals surface area contributed by atoms with Crippen LogP contribution in [-0.4, -0.2) is 37.6 Å². The molecule has 1 aromatic carbocycles. The van der Waals surface area contributed by atoms with E-state index in [0.29, 0.717) is 0 Å². The summed E-state index contributed by atoms with van der Waals surface area (Å²) in [6.07, 6.45) is 6.53. The lowest BCUT2D eigenvalue weighted by Crippen LogP contribution is -2.35. The molecule has 0 amide bonds. The summed E-state index contributed by atoms with van der Waals surface area (Å²) < 4.78 is 0. The van der Waals surface area contributed by atoms with Crippen molar-refractivity contribution in [1.82, 2.24) is 10.2 Å². The lowest BCUT2D eigenvalue weighted by molar-refractivity contribution is 0.294. The summed E-state index contributed by atoms with van der Waals surface area (Å²) in [5, 5.41) is 3.56. The topological polar surface area (TPSA) is 15.3 Å². The molecule has 2 nitrogen and oxygen atoms in total. The summed E-state index contributed by atoms with van der Waals surface area (Å²) >= 11 is 0. The normalized spacial score (nSPS) is 19.6. The third kappa shape index (κ3) is 4.79. The average Bonchev–Trinajstić information content (AvgIpc) is 2.89. The molecule has 0 spiro atoms. The average molecular weight is 246 g/mol. The Labute approximate surface area is 111 Å². The van der Waals surface area contributed by atoms with E-state index in [1.807, 2.05) is 0 Å². The first kappa shape index (κ1) is 13.6. The Morgan fingerprint density at radius 1 is 1.22 bits per heavy atom. The number of hydrogen-bond donors (Lipinski definition) is 1. The van der Waals surface area contributed by atoms with Gasteiger partial charge >= 0.3 is 0 Å². The molecule has 2 rings (SSSR count). The number of nitrogens with one attached hydrogen (secondary N) is 1. The summed E-state index contributed by atoms with van der Waals surface area (Å²) in [6, 6.07) is 11.6. The molecular formula is C16H26N2. The van der Waals surface area contributed by atoms with Crippen LogP contribution in [0.2, 0.25) is 0 Å². The molecule has 1 heterocycles. The minimum Gasteiger partial charge on any atom is -0.313 e. The second-order valence-electron chi connectivity index (χ2n) is 5.50. The number of aryl methyl sites for hydroxylation is 1. The Bertz CT molecular complexity index is 317. The molecule has 1 N–H and O–H groups in total. The second-order valence-corrected chi connectivity index (χ2v) is 5.50. The number of unbranched alkanes of at least 4 members (excludes halogenated alkanes) is 1. The standard InChI is InChI=1S/C16H26N2/c1-18(14-16-11-7-12-17-16)13-6-5-10-15-8-3-2-4-9-15/h2-4,8-9,16-17H,5-7,10-14H2,1H3. The van der Waals surface area contributed by atoms with Gasteiger partial charge in [0.1, 0.15) is 0 Å². The lowest BCUT2D eigenvalue weighted by atomic mass is 10.1. The Balaban J connectivity index is 1.54. The van der Waals surface area contributed by atoms with Crippen molar-refractivity contribution in [3.8, 4) is 0 Å². The van der Waals surface area contributed by atoms with Gasteiger partial charge in [-0.25, -0.2) is 0 Å². The highest BCUT2D eigenvalue weighted by Crippen LogP contribution is 2.08. The molecule has 0 radical (unpaired) electrons. The van der Waals surface area contributed by atoms with Gasteiger partial charge < -0.3 is 10.2 Å². The Morgan fingerprint density at radius 2 is 2.06 bits per heavy atom. The van der Waals surface area contributed by atoms with Crippen LogP contribution in [0.3, 0.4) is 0 Å². The van der Waals surface area contributed by atoms with E-state index >= 15 is 0 Å². The van der Waals surface area contributed by atoms with E-state index in [-0.39, 0.29) is 0 Å². The smallest absolute Gasteiger partial charge is 0.0195 e. The molecule has 0 bridgehead atoms. The fourth-order valence-electron chi connectivity index (χ4n) is 2.74. The van der Waals surface area contributed by atoms with Crippen molar-refractivity contribution in [2.75, 3.05) is 26.7 Å². The van der Waals surface area contributed by atoms with Gasteiger partial charge in [0, 0.05) is 12.6 Å². The second kappa shape index (κ2) is 7.55. The maximum absolute atomic E-state index is 3.56. The minimum atomic E-state index is 0.740. The monoisotopic (exact) mass is 246 g/mol. The van der Waals surface area contributed by atoms with Crippen LogP contribution in [0.4, 0.5) is 0 Å². The van der Waals surface area contributed by atoms with Crippen LogP contribution in [0.25, 0.3) is 0 Å². The number of benzene rings is 1. The molecular weight excluding hydrogens is 220 g/mol. The molecule has 1 aromatic rings. The van der Waals surface area contributed by atoms with E-state index in [2.05, 4.69) is 47.6 Å². The van der Waals surface area contributed by atoms with Crippen molar-refractivity contribution in [1.29, 1.82) is 0 Å². The minimum absolute atomic E-state index is 0.740. The van der Waals surface area contributed by atoms with Crippen molar-refractivity contribution < 1.29 is 0 Å². The lowest BCUT2D eigenvalue weighted by Gasteiger charge is -2.20. The van der Waals surface area contributed by atoms with Crippen molar-refractivity contribution >= 4 is 0 Å². The molecule has 1 aliphatic rings. The van der Waals surface area contributed by atoms with E-state index < -0.39 is 0 Å². The number of likely N-dealkylation sites (N-methyl/N-ethyl adjacent to an activating group) is 1. The highest BCUT2D eigenvalue weighted by atomic mass is 15.1. The van der Waals surface area contributed by atoms with Crippen LogP contribution < -0.4 is 5.32 Å². The highest BCUT2D eigenvalue weighted by molar-refractivity contribution is 5.14. The first-order chi connectivity index (χ1) is 8.84. The van der Waals surface area contributed by atoms with Crippen LogP contribution in [-0.2, 0) is 6.42 Å². The molecule has 0 aromatic heterocycles. The predicted molar refractivity (Wildman–Crippen MR) is 77.9 cm³/mol. The number of hydrogen-bond acceptors (Lipinski definition) is 2. The zero-order valence-electron chi connectivity index (χ0n) is 11.6. The quantitative estimate of drug-likeness (QED) is 0.744. The summed E-state index contributed by atoms with van der Waals surface area (Å²) in [5.41, 5.74) is 1.47. The van der Waals surface area contributed by atoms with E-state index in [0.717, 1.165) is 6.04 Å². The zero-order valence-corrected chi connectivity index (χ0v) is 11.6. The van der Waals surface area contributed by atoms with Gasteiger partial charge in [-0.15, -0.1) is 0 Å². The van der Waals surface area contributed by atoms with Crippen LogP contribution >= 0.6 is 0 Å². The molecule has 1 fully saturated rings. The molecule has 1 aliphatic heterocycles. The first-order valence-corrected chi connectivity index (χ1v) is 7.30. The van der Waals surface area contributed by atoms with Gasteiger partial charge in [-0.05, 0) is 57.8 Å². The molecule has 100 valence electrons. The van der Waals surface area contributed by atoms with Crippen molar-refractivity contribution in [3.05, 3.63) is 35.9 Å². The van der Waals surface area contributed by atoms with Gasteiger partial charge in [0.2, 0.25) is 0 Å². The van der Waals surface area contributed by atoms with Crippen LogP contribution in [0.15, 0.2) is 30.3 Å². The van der Waals surface area contributed by atoms with E-state index in [9.17, 15) is 0 Å². The highest BCUT2D eigenvalue weighted by Gasteiger charge is 2.15. The van der Waals surface area contributed by atoms with Crippen LogP contribution in [0.5, 0.6) is 0 Å².